The fraction of sp³-hybridized carbons (Fsp3) is 0.647. The zero-order valence-electron chi connectivity index (χ0n) is 12.8. The Hall–Kier alpha value is -0.930. The summed E-state index contributed by atoms with van der Waals surface area (Å²) in [5.41, 5.74) is 1.50. The average Bonchev–Trinajstić information content (AvgIpc) is 2.41. The van der Waals surface area contributed by atoms with E-state index in [1.54, 1.807) is 0 Å². The van der Waals surface area contributed by atoms with Crippen molar-refractivity contribution in [3.05, 3.63) is 35.6 Å². The molecular weight excluding hydrogens is 253 g/mol. The van der Waals surface area contributed by atoms with Crippen LogP contribution in [-0.2, 0) is 4.74 Å². The molecular formula is C17H26FNO. The SMILES string of the molecule is CNCC(OC1CCC(C)(C)CC1)c1ccc(F)cc1. The monoisotopic (exact) mass is 279 g/mol. The van der Waals surface area contributed by atoms with Crippen LogP contribution in [0, 0.1) is 11.2 Å². The van der Waals surface area contributed by atoms with Gasteiger partial charge < -0.3 is 10.1 Å². The summed E-state index contributed by atoms with van der Waals surface area (Å²) >= 11 is 0. The lowest BCUT2D eigenvalue weighted by molar-refractivity contribution is -0.0454. The summed E-state index contributed by atoms with van der Waals surface area (Å²) in [5, 5.41) is 3.17. The highest BCUT2D eigenvalue weighted by molar-refractivity contribution is 5.19. The maximum absolute atomic E-state index is 13.0. The van der Waals surface area contributed by atoms with Crippen LogP contribution in [0.25, 0.3) is 0 Å². The Balaban J connectivity index is 1.97. The molecule has 1 unspecified atom stereocenters. The zero-order chi connectivity index (χ0) is 14.6. The molecule has 0 amide bonds. The fourth-order valence-electron chi connectivity index (χ4n) is 2.85. The van der Waals surface area contributed by atoms with E-state index >= 15 is 0 Å². The van der Waals surface area contributed by atoms with Crippen molar-refractivity contribution < 1.29 is 9.13 Å². The van der Waals surface area contributed by atoms with Crippen LogP contribution in [0.5, 0.6) is 0 Å². The minimum atomic E-state index is -0.198. The molecule has 1 aliphatic carbocycles. The smallest absolute Gasteiger partial charge is 0.123 e. The van der Waals surface area contributed by atoms with Crippen LogP contribution < -0.4 is 5.32 Å². The number of hydrogen-bond acceptors (Lipinski definition) is 2. The lowest BCUT2D eigenvalue weighted by atomic mass is 9.76. The molecule has 0 bridgehead atoms. The number of hydrogen-bond donors (Lipinski definition) is 1. The highest BCUT2D eigenvalue weighted by atomic mass is 19.1. The van der Waals surface area contributed by atoms with Gasteiger partial charge in [0.15, 0.2) is 0 Å². The topological polar surface area (TPSA) is 21.3 Å². The third-order valence-electron chi connectivity index (χ3n) is 4.27. The Labute approximate surface area is 121 Å². The van der Waals surface area contributed by atoms with E-state index in [-0.39, 0.29) is 11.9 Å². The standard InChI is InChI=1S/C17H26FNO/c1-17(2)10-8-15(9-11-17)20-16(12-19-3)13-4-6-14(18)7-5-13/h4-7,15-16,19H,8-12H2,1-3H3. The number of benzene rings is 1. The van der Waals surface area contributed by atoms with E-state index in [2.05, 4.69) is 19.2 Å². The highest BCUT2D eigenvalue weighted by Gasteiger charge is 2.29. The van der Waals surface area contributed by atoms with Gasteiger partial charge in [-0.1, -0.05) is 26.0 Å². The van der Waals surface area contributed by atoms with Gasteiger partial charge in [-0.15, -0.1) is 0 Å². The third kappa shape index (κ3) is 4.29. The van der Waals surface area contributed by atoms with Gasteiger partial charge in [0.1, 0.15) is 5.82 Å². The fourth-order valence-corrected chi connectivity index (χ4v) is 2.85. The van der Waals surface area contributed by atoms with Gasteiger partial charge in [0.25, 0.3) is 0 Å². The van der Waals surface area contributed by atoms with E-state index in [4.69, 9.17) is 4.74 Å². The average molecular weight is 279 g/mol. The molecule has 112 valence electrons. The van der Waals surface area contributed by atoms with E-state index < -0.39 is 0 Å². The molecule has 0 aromatic heterocycles. The van der Waals surface area contributed by atoms with E-state index in [1.807, 2.05) is 19.2 Å². The summed E-state index contributed by atoms with van der Waals surface area (Å²) < 4.78 is 19.3. The number of rotatable bonds is 5. The first-order chi connectivity index (χ1) is 9.50. The van der Waals surface area contributed by atoms with Crippen LogP contribution >= 0.6 is 0 Å². The largest absolute Gasteiger partial charge is 0.369 e. The Kier molecular flexibility index (Phi) is 5.17. The first-order valence-electron chi connectivity index (χ1n) is 7.56. The molecule has 0 radical (unpaired) electrons. The summed E-state index contributed by atoms with van der Waals surface area (Å²) in [4.78, 5) is 0. The summed E-state index contributed by atoms with van der Waals surface area (Å²) in [6.45, 7) is 5.41. The van der Waals surface area contributed by atoms with E-state index in [0.717, 1.165) is 24.9 Å². The second-order valence-corrected chi connectivity index (χ2v) is 6.60. The van der Waals surface area contributed by atoms with Crippen molar-refractivity contribution in [1.82, 2.24) is 5.32 Å². The lowest BCUT2D eigenvalue weighted by Crippen LogP contribution is -2.30. The Morgan fingerprint density at radius 3 is 2.40 bits per heavy atom. The van der Waals surface area contributed by atoms with Crippen LogP contribution in [0.4, 0.5) is 4.39 Å². The lowest BCUT2D eigenvalue weighted by Gasteiger charge is -2.36. The van der Waals surface area contributed by atoms with Gasteiger partial charge >= 0.3 is 0 Å². The van der Waals surface area contributed by atoms with Crippen LogP contribution in [0.3, 0.4) is 0 Å². The maximum atomic E-state index is 13.0. The van der Waals surface area contributed by atoms with E-state index in [9.17, 15) is 4.39 Å². The molecule has 1 fully saturated rings. The predicted octanol–water partition coefficient (Wildman–Crippen LogP) is 4.07. The first kappa shape index (κ1) is 15.5. The molecule has 1 aromatic carbocycles. The van der Waals surface area contributed by atoms with E-state index in [1.165, 1.54) is 25.0 Å². The van der Waals surface area contributed by atoms with Crippen LogP contribution in [0.1, 0.15) is 51.2 Å². The number of nitrogens with one attached hydrogen (secondary N) is 1. The van der Waals surface area contributed by atoms with Gasteiger partial charge in [-0.2, -0.15) is 0 Å². The molecule has 1 atom stereocenters. The van der Waals surface area contributed by atoms with Gasteiger partial charge in [0.2, 0.25) is 0 Å². The minimum Gasteiger partial charge on any atom is -0.369 e. The Morgan fingerprint density at radius 2 is 1.85 bits per heavy atom. The molecule has 0 heterocycles. The van der Waals surface area contributed by atoms with Crippen molar-refractivity contribution in [2.24, 2.45) is 5.41 Å². The van der Waals surface area contributed by atoms with Crippen molar-refractivity contribution in [3.8, 4) is 0 Å². The van der Waals surface area contributed by atoms with E-state index in [0.29, 0.717) is 11.5 Å². The summed E-state index contributed by atoms with van der Waals surface area (Å²) in [6, 6.07) is 6.66. The van der Waals surface area contributed by atoms with Crippen molar-refractivity contribution in [3.63, 3.8) is 0 Å². The normalized spacial score (nSPS) is 20.8. The maximum Gasteiger partial charge on any atom is 0.123 e. The second kappa shape index (κ2) is 6.68. The van der Waals surface area contributed by atoms with Gasteiger partial charge in [-0.25, -0.2) is 4.39 Å². The molecule has 20 heavy (non-hydrogen) atoms. The van der Waals surface area contributed by atoms with Gasteiger partial charge in [0.05, 0.1) is 12.2 Å². The Bertz CT molecular complexity index is 406. The Morgan fingerprint density at radius 1 is 1.25 bits per heavy atom. The predicted molar refractivity (Wildman–Crippen MR) is 80.2 cm³/mol. The van der Waals surface area contributed by atoms with Crippen molar-refractivity contribution >= 4 is 0 Å². The molecule has 1 aliphatic rings. The van der Waals surface area contributed by atoms with Gasteiger partial charge in [0, 0.05) is 6.54 Å². The van der Waals surface area contributed by atoms with Crippen LogP contribution in [0.15, 0.2) is 24.3 Å². The number of likely N-dealkylation sites (N-methyl/N-ethyl adjacent to an activating group) is 1. The first-order valence-corrected chi connectivity index (χ1v) is 7.56. The summed E-state index contributed by atoms with van der Waals surface area (Å²) in [6.07, 6.45) is 5.00. The molecule has 1 saturated carbocycles. The molecule has 3 heteroatoms. The third-order valence-corrected chi connectivity index (χ3v) is 4.27. The van der Waals surface area contributed by atoms with Crippen LogP contribution in [-0.4, -0.2) is 19.7 Å². The molecule has 1 aromatic rings. The van der Waals surface area contributed by atoms with Crippen molar-refractivity contribution in [1.29, 1.82) is 0 Å². The number of halogens is 1. The number of ether oxygens (including phenoxy) is 1. The highest BCUT2D eigenvalue weighted by Crippen LogP contribution is 2.37. The van der Waals surface area contributed by atoms with Gasteiger partial charge in [-0.3, -0.25) is 0 Å². The molecule has 0 saturated heterocycles. The summed E-state index contributed by atoms with van der Waals surface area (Å²) in [7, 11) is 1.92. The molecule has 1 N–H and O–H groups in total. The molecule has 2 rings (SSSR count). The molecule has 0 aliphatic heterocycles. The molecule has 0 spiro atoms. The van der Waals surface area contributed by atoms with Crippen LogP contribution in [0.2, 0.25) is 0 Å². The van der Waals surface area contributed by atoms with Gasteiger partial charge in [-0.05, 0) is 55.8 Å². The minimum absolute atomic E-state index is 0.00631. The zero-order valence-corrected chi connectivity index (χ0v) is 12.8. The van der Waals surface area contributed by atoms with Crippen molar-refractivity contribution in [2.75, 3.05) is 13.6 Å². The van der Waals surface area contributed by atoms with Crippen molar-refractivity contribution in [2.45, 2.75) is 51.7 Å². The summed E-state index contributed by atoms with van der Waals surface area (Å²) in [5.74, 6) is -0.198. The molecule has 2 nitrogen and oxygen atoms in total. The second-order valence-electron chi connectivity index (χ2n) is 6.60. The quantitative estimate of drug-likeness (QED) is 0.877.